The molecule has 1 aromatic heterocycles. The Kier molecular flexibility index (Phi) is 4.63. The van der Waals surface area contributed by atoms with Gasteiger partial charge in [-0.15, -0.1) is 0 Å². The number of anilines is 1. The molecule has 0 unspecified atom stereocenters. The number of rotatable bonds is 5. The first-order chi connectivity index (χ1) is 9.63. The maximum Gasteiger partial charge on any atom is 0.162 e. The lowest BCUT2D eigenvalue weighted by atomic mass is 10.2. The molecule has 0 bridgehead atoms. The summed E-state index contributed by atoms with van der Waals surface area (Å²) in [5.41, 5.74) is 1.66. The molecule has 106 valence electrons. The predicted octanol–water partition coefficient (Wildman–Crippen LogP) is 3.07. The van der Waals surface area contributed by atoms with Crippen LogP contribution < -0.4 is 14.8 Å². The minimum Gasteiger partial charge on any atom is -0.493 e. The fraction of sp³-hybridized carbons (Fsp3) is 0.286. The molecule has 1 aromatic carbocycles. The van der Waals surface area contributed by atoms with Crippen molar-refractivity contribution in [2.75, 3.05) is 19.5 Å². The Morgan fingerprint density at radius 3 is 2.55 bits per heavy atom. The normalized spacial score (nSPS) is 10.2. The first-order valence-corrected chi connectivity index (χ1v) is 6.45. The largest absolute Gasteiger partial charge is 0.493 e. The summed E-state index contributed by atoms with van der Waals surface area (Å²) in [5, 5.41) is 3.79. The van der Waals surface area contributed by atoms with Crippen LogP contribution in [-0.4, -0.2) is 24.2 Å². The molecule has 0 radical (unpaired) electrons. The number of nitrogens with zero attached hydrogens (tertiary/aromatic N) is 2. The van der Waals surface area contributed by atoms with Gasteiger partial charge < -0.3 is 14.8 Å². The number of aromatic nitrogens is 2. The SMILES string of the molecule is COc1cc(Cl)c(NCc2ccnc(C)n2)cc1OC. The first kappa shape index (κ1) is 14.4. The molecule has 0 atom stereocenters. The quantitative estimate of drug-likeness (QED) is 0.918. The van der Waals surface area contributed by atoms with Gasteiger partial charge in [-0.3, -0.25) is 0 Å². The molecule has 1 N–H and O–H groups in total. The third kappa shape index (κ3) is 3.30. The minimum atomic E-state index is 0.554. The van der Waals surface area contributed by atoms with E-state index in [4.69, 9.17) is 21.1 Å². The molecule has 2 aromatic rings. The fourth-order valence-electron chi connectivity index (χ4n) is 1.78. The van der Waals surface area contributed by atoms with Crippen LogP contribution in [0.1, 0.15) is 11.5 Å². The van der Waals surface area contributed by atoms with E-state index in [9.17, 15) is 0 Å². The predicted molar refractivity (Wildman–Crippen MR) is 78.7 cm³/mol. The second-order valence-electron chi connectivity index (χ2n) is 4.14. The van der Waals surface area contributed by atoms with Crippen molar-refractivity contribution < 1.29 is 9.47 Å². The zero-order chi connectivity index (χ0) is 14.5. The highest BCUT2D eigenvalue weighted by molar-refractivity contribution is 6.33. The number of nitrogens with one attached hydrogen (secondary N) is 1. The van der Waals surface area contributed by atoms with Gasteiger partial charge in [0.25, 0.3) is 0 Å². The fourth-order valence-corrected chi connectivity index (χ4v) is 2.00. The average Bonchev–Trinajstić information content (AvgIpc) is 2.45. The summed E-state index contributed by atoms with van der Waals surface area (Å²) in [6, 6.07) is 5.37. The molecule has 0 spiro atoms. The maximum absolute atomic E-state index is 6.20. The number of hydrogen-bond acceptors (Lipinski definition) is 5. The van der Waals surface area contributed by atoms with Crippen molar-refractivity contribution in [3.05, 3.63) is 40.9 Å². The summed E-state index contributed by atoms with van der Waals surface area (Å²) in [5.74, 6) is 1.96. The Labute approximate surface area is 122 Å². The van der Waals surface area contributed by atoms with Crippen LogP contribution in [0.15, 0.2) is 24.4 Å². The molecule has 0 aliphatic rings. The zero-order valence-electron chi connectivity index (χ0n) is 11.6. The number of benzene rings is 1. The Bertz CT molecular complexity index is 605. The van der Waals surface area contributed by atoms with Gasteiger partial charge in [0.05, 0.1) is 37.2 Å². The third-order valence-electron chi connectivity index (χ3n) is 2.77. The Morgan fingerprint density at radius 1 is 1.20 bits per heavy atom. The lowest BCUT2D eigenvalue weighted by Crippen LogP contribution is -2.04. The van der Waals surface area contributed by atoms with E-state index >= 15 is 0 Å². The summed E-state index contributed by atoms with van der Waals surface area (Å²) in [6.07, 6.45) is 1.73. The van der Waals surface area contributed by atoms with Gasteiger partial charge in [0.1, 0.15) is 5.82 Å². The van der Waals surface area contributed by atoms with Gasteiger partial charge in [0, 0.05) is 18.3 Å². The van der Waals surface area contributed by atoms with Gasteiger partial charge >= 0.3 is 0 Å². The van der Waals surface area contributed by atoms with Crippen molar-refractivity contribution in [3.8, 4) is 11.5 Å². The highest BCUT2D eigenvalue weighted by Gasteiger charge is 2.09. The molecule has 0 fully saturated rings. The molecule has 0 saturated heterocycles. The minimum absolute atomic E-state index is 0.554. The smallest absolute Gasteiger partial charge is 0.162 e. The number of ether oxygens (including phenoxy) is 2. The Morgan fingerprint density at radius 2 is 1.90 bits per heavy atom. The van der Waals surface area contributed by atoms with Crippen LogP contribution >= 0.6 is 11.6 Å². The Balaban J connectivity index is 2.17. The van der Waals surface area contributed by atoms with Gasteiger partial charge in [-0.2, -0.15) is 0 Å². The molecule has 1 heterocycles. The van der Waals surface area contributed by atoms with Gasteiger partial charge in [0.2, 0.25) is 0 Å². The highest BCUT2D eigenvalue weighted by Crippen LogP contribution is 2.36. The number of aryl methyl sites for hydroxylation is 1. The van der Waals surface area contributed by atoms with E-state index in [2.05, 4.69) is 15.3 Å². The zero-order valence-corrected chi connectivity index (χ0v) is 12.4. The van der Waals surface area contributed by atoms with Crippen molar-refractivity contribution in [3.63, 3.8) is 0 Å². The van der Waals surface area contributed by atoms with Crippen LogP contribution in [-0.2, 0) is 6.54 Å². The lowest BCUT2D eigenvalue weighted by molar-refractivity contribution is 0.355. The van der Waals surface area contributed by atoms with E-state index in [0.29, 0.717) is 23.1 Å². The van der Waals surface area contributed by atoms with Crippen molar-refractivity contribution in [1.82, 2.24) is 9.97 Å². The lowest BCUT2D eigenvalue weighted by Gasteiger charge is -2.13. The van der Waals surface area contributed by atoms with E-state index in [1.165, 1.54) is 0 Å². The van der Waals surface area contributed by atoms with E-state index in [-0.39, 0.29) is 0 Å². The van der Waals surface area contributed by atoms with Gasteiger partial charge in [-0.25, -0.2) is 9.97 Å². The van der Waals surface area contributed by atoms with E-state index in [1.807, 2.05) is 13.0 Å². The van der Waals surface area contributed by atoms with Crippen molar-refractivity contribution >= 4 is 17.3 Å². The number of hydrogen-bond donors (Lipinski definition) is 1. The summed E-state index contributed by atoms with van der Waals surface area (Å²) < 4.78 is 10.4. The van der Waals surface area contributed by atoms with Crippen molar-refractivity contribution in [1.29, 1.82) is 0 Å². The van der Waals surface area contributed by atoms with Crippen molar-refractivity contribution in [2.24, 2.45) is 0 Å². The molecule has 0 amide bonds. The molecule has 0 aliphatic heterocycles. The molecule has 0 saturated carbocycles. The monoisotopic (exact) mass is 293 g/mol. The second-order valence-corrected chi connectivity index (χ2v) is 4.54. The summed E-state index contributed by atoms with van der Waals surface area (Å²) in [7, 11) is 3.16. The van der Waals surface area contributed by atoms with Crippen LogP contribution in [0.3, 0.4) is 0 Å². The van der Waals surface area contributed by atoms with Gasteiger partial charge in [0.15, 0.2) is 11.5 Å². The van der Waals surface area contributed by atoms with Gasteiger partial charge in [-0.1, -0.05) is 11.6 Å². The second kappa shape index (κ2) is 6.43. The van der Waals surface area contributed by atoms with E-state index < -0.39 is 0 Å². The number of halogens is 1. The number of methoxy groups -OCH3 is 2. The van der Waals surface area contributed by atoms with Crippen molar-refractivity contribution in [2.45, 2.75) is 13.5 Å². The molecular formula is C14H16ClN3O2. The van der Waals surface area contributed by atoms with E-state index in [1.54, 1.807) is 32.5 Å². The first-order valence-electron chi connectivity index (χ1n) is 6.08. The highest BCUT2D eigenvalue weighted by atomic mass is 35.5. The summed E-state index contributed by atoms with van der Waals surface area (Å²) >= 11 is 6.20. The van der Waals surface area contributed by atoms with Crippen LogP contribution in [0, 0.1) is 6.92 Å². The molecular weight excluding hydrogens is 278 g/mol. The molecule has 20 heavy (non-hydrogen) atoms. The van der Waals surface area contributed by atoms with Crippen LogP contribution in [0.2, 0.25) is 5.02 Å². The molecule has 6 heteroatoms. The molecule has 5 nitrogen and oxygen atoms in total. The van der Waals surface area contributed by atoms with E-state index in [0.717, 1.165) is 17.2 Å². The topological polar surface area (TPSA) is 56.3 Å². The Hall–Kier alpha value is -2.01. The van der Waals surface area contributed by atoms with Gasteiger partial charge in [-0.05, 0) is 13.0 Å². The third-order valence-corrected chi connectivity index (χ3v) is 3.08. The molecule has 0 aliphatic carbocycles. The maximum atomic E-state index is 6.20. The standard InChI is InChI=1S/C14H16ClN3O2/c1-9-16-5-4-10(18-9)8-17-12-7-14(20-3)13(19-2)6-11(12)15/h4-7,17H,8H2,1-3H3. The summed E-state index contributed by atoms with van der Waals surface area (Å²) in [4.78, 5) is 8.38. The average molecular weight is 294 g/mol. The van der Waals surface area contributed by atoms with Crippen LogP contribution in [0.4, 0.5) is 5.69 Å². The van der Waals surface area contributed by atoms with Crippen LogP contribution in [0.5, 0.6) is 11.5 Å². The summed E-state index contributed by atoms with van der Waals surface area (Å²) in [6.45, 7) is 2.41. The molecule has 2 rings (SSSR count). The van der Waals surface area contributed by atoms with Crippen LogP contribution in [0.25, 0.3) is 0 Å².